The molecule has 2 fully saturated rings. The van der Waals surface area contributed by atoms with Crippen molar-refractivity contribution in [3.8, 4) is 0 Å². The minimum atomic E-state index is 0.0174. The van der Waals surface area contributed by atoms with Gasteiger partial charge in [0.25, 0.3) is 0 Å². The molecule has 0 aromatic heterocycles. The van der Waals surface area contributed by atoms with Crippen molar-refractivity contribution in [1.29, 1.82) is 0 Å². The summed E-state index contributed by atoms with van der Waals surface area (Å²) >= 11 is 0. The van der Waals surface area contributed by atoms with E-state index < -0.39 is 0 Å². The lowest BCUT2D eigenvalue weighted by atomic mass is 9.98. The van der Waals surface area contributed by atoms with Crippen molar-refractivity contribution in [2.45, 2.75) is 38.3 Å². The molecule has 5 nitrogen and oxygen atoms in total. The van der Waals surface area contributed by atoms with Crippen molar-refractivity contribution >= 4 is 6.03 Å². The van der Waals surface area contributed by atoms with Gasteiger partial charge in [-0.1, -0.05) is 0 Å². The van der Waals surface area contributed by atoms with E-state index in [4.69, 9.17) is 9.84 Å². The van der Waals surface area contributed by atoms with Crippen molar-refractivity contribution in [3.63, 3.8) is 0 Å². The number of rotatable bonds is 2. The highest BCUT2D eigenvalue weighted by molar-refractivity contribution is 5.74. The molecular formula is C12H22N2O3. The smallest absolute Gasteiger partial charge is 0.317 e. The van der Waals surface area contributed by atoms with Crippen molar-refractivity contribution in [1.82, 2.24) is 10.2 Å². The summed E-state index contributed by atoms with van der Waals surface area (Å²) < 4.78 is 5.42. The number of piperidine rings is 1. The molecule has 5 heteroatoms. The Morgan fingerprint density at radius 2 is 2.12 bits per heavy atom. The highest BCUT2D eigenvalue weighted by Crippen LogP contribution is 2.17. The summed E-state index contributed by atoms with van der Waals surface area (Å²) in [6.07, 6.45) is 2.83. The third-order valence-corrected chi connectivity index (χ3v) is 3.85. The van der Waals surface area contributed by atoms with Gasteiger partial charge < -0.3 is 20.1 Å². The fourth-order valence-electron chi connectivity index (χ4n) is 2.49. The molecule has 2 N–H and O–H groups in total. The maximum Gasteiger partial charge on any atom is 0.317 e. The second-order valence-corrected chi connectivity index (χ2v) is 5.03. The van der Waals surface area contributed by atoms with E-state index in [-0.39, 0.29) is 24.8 Å². The fraction of sp³-hybridized carbons (Fsp3) is 0.917. The third kappa shape index (κ3) is 3.10. The molecule has 2 amide bonds. The maximum absolute atomic E-state index is 12.0. The lowest BCUT2D eigenvalue weighted by Gasteiger charge is -2.32. The number of hydrogen-bond acceptors (Lipinski definition) is 3. The first kappa shape index (κ1) is 12.6. The third-order valence-electron chi connectivity index (χ3n) is 3.85. The summed E-state index contributed by atoms with van der Waals surface area (Å²) in [7, 11) is 0. The Bertz CT molecular complexity index is 264. The number of hydrogen-bond donors (Lipinski definition) is 2. The van der Waals surface area contributed by atoms with Crippen LogP contribution in [-0.2, 0) is 4.74 Å². The van der Waals surface area contributed by atoms with Crippen LogP contribution >= 0.6 is 0 Å². The first-order chi connectivity index (χ1) is 8.20. The fourth-order valence-corrected chi connectivity index (χ4v) is 2.49. The Kier molecular flexibility index (Phi) is 4.23. The second kappa shape index (κ2) is 5.69. The molecule has 0 bridgehead atoms. The molecule has 2 rings (SSSR count). The van der Waals surface area contributed by atoms with Crippen LogP contribution in [0.15, 0.2) is 0 Å². The molecule has 0 aromatic rings. The van der Waals surface area contributed by atoms with Gasteiger partial charge in [0, 0.05) is 26.3 Å². The molecule has 0 aliphatic carbocycles. The number of nitrogens with one attached hydrogen (secondary N) is 1. The molecule has 0 spiro atoms. The maximum atomic E-state index is 12.0. The molecule has 17 heavy (non-hydrogen) atoms. The van der Waals surface area contributed by atoms with E-state index in [0.29, 0.717) is 5.92 Å². The molecular weight excluding hydrogens is 220 g/mol. The van der Waals surface area contributed by atoms with Crippen LogP contribution in [0.25, 0.3) is 0 Å². The standard InChI is InChI=1S/C12H22N2O3/c1-9-11(4-7-17-9)13-12(16)14-5-2-10(8-15)3-6-14/h9-11,15H,2-8H2,1H3,(H,13,16). The van der Waals surface area contributed by atoms with E-state index in [1.807, 2.05) is 11.8 Å². The van der Waals surface area contributed by atoms with Gasteiger partial charge >= 0.3 is 6.03 Å². The zero-order valence-corrected chi connectivity index (χ0v) is 10.4. The largest absolute Gasteiger partial charge is 0.396 e. The minimum absolute atomic E-state index is 0.0174. The highest BCUT2D eigenvalue weighted by Gasteiger charge is 2.28. The monoisotopic (exact) mass is 242 g/mol. The van der Waals surface area contributed by atoms with Crippen LogP contribution in [0.5, 0.6) is 0 Å². The van der Waals surface area contributed by atoms with E-state index >= 15 is 0 Å². The molecule has 2 saturated heterocycles. The quantitative estimate of drug-likeness (QED) is 0.744. The first-order valence-corrected chi connectivity index (χ1v) is 6.48. The van der Waals surface area contributed by atoms with Crippen LogP contribution < -0.4 is 5.32 Å². The Morgan fingerprint density at radius 1 is 1.41 bits per heavy atom. The summed E-state index contributed by atoms with van der Waals surface area (Å²) in [6, 6.07) is 0.168. The summed E-state index contributed by atoms with van der Waals surface area (Å²) in [5.41, 5.74) is 0. The Hall–Kier alpha value is -0.810. The van der Waals surface area contributed by atoms with Gasteiger partial charge in [0.1, 0.15) is 0 Å². The number of likely N-dealkylation sites (tertiary alicyclic amines) is 1. The van der Waals surface area contributed by atoms with E-state index in [1.165, 1.54) is 0 Å². The van der Waals surface area contributed by atoms with E-state index in [0.717, 1.165) is 39.0 Å². The lowest BCUT2D eigenvalue weighted by molar-refractivity contribution is 0.108. The van der Waals surface area contributed by atoms with Gasteiger partial charge in [-0.2, -0.15) is 0 Å². The average molecular weight is 242 g/mol. The molecule has 2 atom stereocenters. The molecule has 98 valence electrons. The molecule has 2 aliphatic rings. The molecule has 0 saturated carbocycles. The SMILES string of the molecule is CC1OCCC1NC(=O)N1CCC(CO)CC1. The normalized spacial score (nSPS) is 30.6. The predicted molar refractivity (Wildman–Crippen MR) is 63.7 cm³/mol. The number of amides is 2. The minimum Gasteiger partial charge on any atom is -0.396 e. The van der Waals surface area contributed by atoms with Crippen molar-refractivity contribution in [2.75, 3.05) is 26.3 Å². The van der Waals surface area contributed by atoms with Crippen molar-refractivity contribution < 1.29 is 14.6 Å². The van der Waals surface area contributed by atoms with Gasteiger partial charge in [0.15, 0.2) is 0 Å². The topological polar surface area (TPSA) is 61.8 Å². The highest BCUT2D eigenvalue weighted by atomic mass is 16.5. The number of ether oxygens (including phenoxy) is 1. The molecule has 2 heterocycles. The molecule has 2 aliphatic heterocycles. The van der Waals surface area contributed by atoms with Crippen molar-refractivity contribution in [3.05, 3.63) is 0 Å². The number of urea groups is 1. The van der Waals surface area contributed by atoms with Crippen LogP contribution in [0.1, 0.15) is 26.2 Å². The van der Waals surface area contributed by atoms with Gasteiger partial charge in [-0.3, -0.25) is 0 Å². The molecule has 0 radical (unpaired) electrons. The number of nitrogens with zero attached hydrogens (tertiary/aromatic N) is 1. The first-order valence-electron chi connectivity index (χ1n) is 6.48. The van der Waals surface area contributed by atoms with Gasteiger partial charge in [-0.25, -0.2) is 4.79 Å². The number of carbonyl (C=O) groups is 1. The predicted octanol–water partition coefficient (Wildman–Crippen LogP) is 0.578. The zero-order valence-electron chi connectivity index (χ0n) is 10.4. The van der Waals surface area contributed by atoms with E-state index in [1.54, 1.807) is 0 Å². The lowest BCUT2D eigenvalue weighted by Crippen LogP contribution is -2.49. The van der Waals surface area contributed by atoms with E-state index in [9.17, 15) is 4.79 Å². The Balaban J connectivity index is 1.77. The van der Waals surface area contributed by atoms with E-state index in [2.05, 4.69) is 5.32 Å². The van der Waals surface area contributed by atoms with Crippen molar-refractivity contribution in [2.24, 2.45) is 5.92 Å². The van der Waals surface area contributed by atoms with Gasteiger partial charge in [-0.05, 0) is 32.1 Å². The van der Waals surface area contributed by atoms with Gasteiger partial charge in [-0.15, -0.1) is 0 Å². The average Bonchev–Trinajstić information content (AvgIpc) is 2.75. The van der Waals surface area contributed by atoms with Crippen LogP contribution in [-0.4, -0.2) is 54.5 Å². The van der Waals surface area contributed by atoms with Gasteiger partial charge in [0.2, 0.25) is 0 Å². The second-order valence-electron chi connectivity index (χ2n) is 5.03. The zero-order chi connectivity index (χ0) is 12.3. The summed E-state index contributed by atoms with van der Waals surface area (Å²) in [5, 5.41) is 12.1. The number of aliphatic hydroxyl groups excluding tert-OH is 1. The van der Waals surface area contributed by atoms with Crippen LogP contribution in [0.3, 0.4) is 0 Å². The Labute approximate surface area is 102 Å². The number of aliphatic hydroxyl groups is 1. The Morgan fingerprint density at radius 3 is 2.65 bits per heavy atom. The molecule has 0 aromatic carbocycles. The summed E-state index contributed by atoms with van der Waals surface area (Å²) in [4.78, 5) is 13.8. The summed E-state index contributed by atoms with van der Waals surface area (Å²) in [6.45, 7) is 4.47. The van der Waals surface area contributed by atoms with Crippen LogP contribution in [0.2, 0.25) is 0 Å². The van der Waals surface area contributed by atoms with Crippen LogP contribution in [0.4, 0.5) is 4.79 Å². The van der Waals surface area contributed by atoms with Gasteiger partial charge in [0.05, 0.1) is 12.1 Å². The van der Waals surface area contributed by atoms with Crippen LogP contribution in [0, 0.1) is 5.92 Å². The molecule has 2 unspecified atom stereocenters. The summed E-state index contributed by atoms with van der Waals surface area (Å²) in [5.74, 6) is 0.368. The number of carbonyl (C=O) groups excluding carboxylic acids is 1.